The summed E-state index contributed by atoms with van der Waals surface area (Å²) in [6.07, 6.45) is -2.88. The Morgan fingerprint density at radius 3 is 2.64 bits per heavy atom. The van der Waals surface area contributed by atoms with Gasteiger partial charge in [0, 0.05) is 7.05 Å². The van der Waals surface area contributed by atoms with Gasteiger partial charge < -0.3 is 4.90 Å². The van der Waals surface area contributed by atoms with Crippen LogP contribution in [0, 0.1) is 11.3 Å². The molecule has 0 aromatic rings. The van der Waals surface area contributed by atoms with E-state index in [9.17, 15) is 13.6 Å². The molecule has 0 aliphatic heterocycles. The lowest BCUT2D eigenvalue weighted by molar-refractivity contribution is -0.130. The average molecular weight is 162 g/mol. The molecule has 0 unspecified atom stereocenters. The maximum atomic E-state index is 11.6. The smallest absolute Gasteiger partial charge is 0.255 e. The van der Waals surface area contributed by atoms with Crippen molar-refractivity contribution < 1.29 is 13.6 Å². The Balaban J connectivity index is 3.75. The highest BCUT2D eigenvalue weighted by molar-refractivity contribution is 5.77. The molecule has 0 spiro atoms. The molecule has 11 heavy (non-hydrogen) atoms. The minimum Gasteiger partial charge on any atom is -0.339 e. The molecule has 0 saturated carbocycles. The molecule has 0 bridgehead atoms. The highest BCUT2D eigenvalue weighted by Gasteiger charge is 2.12. The molecule has 0 aliphatic rings. The predicted molar refractivity (Wildman–Crippen MR) is 33.9 cm³/mol. The Hall–Kier alpha value is -1.18. The molecule has 3 nitrogen and oxygen atoms in total. The van der Waals surface area contributed by atoms with Crippen molar-refractivity contribution in [3.63, 3.8) is 0 Å². The first-order valence-electron chi connectivity index (χ1n) is 2.97. The third-order valence-corrected chi connectivity index (χ3v) is 1.07. The molecule has 0 N–H and O–H groups in total. The SMILES string of the molecule is CN(CC(F)F)C(=O)CC#N. The van der Waals surface area contributed by atoms with Crippen molar-refractivity contribution in [3.05, 3.63) is 0 Å². The van der Waals surface area contributed by atoms with Crippen LogP contribution >= 0.6 is 0 Å². The second-order valence-electron chi connectivity index (χ2n) is 2.00. The molecule has 0 aromatic heterocycles. The van der Waals surface area contributed by atoms with E-state index in [0.717, 1.165) is 4.90 Å². The van der Waals surface area contributed by atoms with Crippen molar-refractivity contribution in [2.45, 2.75) is 12.8 Å². The highest BCUT2D eigenvalue weighted by atomic mass is 19.3. The fraction of sp³-hybridized carbons (Fsp3) is 0.667. The number of carbonyl (C=O) groups excluding carboxylic acids is 1. The fourth-order valence-corrected chi connectivity index (χ4v) is 0.511. The lowest BCUT2D eigenvalue weighted by Crippen LogP contribution is -2.30. The third-order valence-electron chi connectivity index (χ3n) is 1.07. The summed E-state index contributed by atoms with van der Waals surface area (Å²) in [5.74, 6) is -0.576. The summed E-state index contributed by atoms with van der Waals surface area (Å²) in [6.45, 7) is -0.611. The van der Waals surface area contributed by atoms with Crippen LogP contribution in [0.3, 0.4) is 0 Å². The Morgan fingerprint density at radius 1 is 1.73 bits per heavy atom. The molecule has 62 valence electrons. The maximum absolute atomic E-state index is 11.6. The van der Waals surface area contributed by atoms with Crippen LogP contribution in [0.1, 0.15) is 6.42 Å². The van der Waals surface area contributed by atoms with Gasteiger partial charge in [-0.05, 0) is 0 Å². The number of rotatable bonds is 3. The minimum atomic E-state index is -2.54. The summed E-state index contributed by atoms with van der Waals surface area (Å²) in [5, 5.41) is 8.03. The van der Waals surface area contributed by atoms with Crippen molar-refractivity contribution in [1.82, 2.24) is 4.90 Å². The summed E-state index contributed by atoms with van der Waals surface area (Å²) >= 11 is 0. The summed E-state index contributed by atoms with van der Waals surface area (Å²) < 4.78 is 23.2. The summed E-state index contributed by atoms with van der Waals surface area (Å²) in [4.78, 5) is 11.5. The van der Waals surface area contributed by atoms with Gasteiger partial charge in [-0.1, -0.05) is 0 Å². The molecular formula is C6H8F2N2O. The van der Waals surface area contributed by atoms with E-state index in [2.05, 4.69) is 0 Å². The molecular weight excluding hydrogens is 154 g/mol. The zero-order valence-corrected chi connectivity index (χ0v) is 6.05. The Kier molecular flexibility index (Phi) is 4.11. The van der Waals surface area contributed by atoms with Crippen LogP contribution in [0.5, 0.6) is 0 Å². The standard InChI is InChI=1S/C6H8F2N2O/c1-10(4-5(7)8)6(11)2-3-9/h5H,2,4H2,1H3. The van der Waals surface area contributed by atoms with Crippen molar-refractivity contribution in [1.29, 1.82) is 5.26 Å². The lowest BCUT2D eigenvalue weighted by atomic mass is 10.4. The average Bonchev–Trinajstić information content (AvgIpc) is 1.86. The quantitative estimate of drug-likeness (QED) is 0.610. The fourth-order valence-electron chi connectivity index (χ4n) is 0.511. The molecule has 0 atom stereocenters. The number of amides is 1. The van der Waals surface area contributed by atoms with Gasteiger partial charge in [-0.15, -0.1) is 0 Å². The van der Waals surface area contributed by atoms with Gasteiger partial charge in [-0.3, -0.25) is 4.79 Å². The number of nitriles is 1. The number of hydrogen-bond acceptors (Lipinski definition) is 2. The Bertz CT molecular complexity index is 176. The first kappa shape index (κ1) is 9.82. The lowest BCUT2D eigenvalue weighted by Gasteiger charge is -2.13. The van der Waals surface area contributed by atoms with Crippen LogP contribution in [0.4, 0.5) is 8.78 Å². The van der Waals surface area contributed by atoms with Crippen LogP contribution in [0.15, 0.2) is 0 Å². The number of carbonyl (C=O) groups is 1. The zero-order chi connectivity index (χ0) is 8.85. The molecule has 0 heterocycles. The van der Waals surface area contributed by atoms with Crippen molar-refractivity contribution in [2.75, 3.05) is 13.6 Å². The summed E-state index contributed by atoms with van der Waals surface area (Å²) in [7, 11) is 1.24. The second-order valence-corrected chi connectivity index (χ2v) is 2.00. The van der Waals surface area contributed by atoms with Crippen LogP contribution in [-0.2, 0) is 4.79 Å². The van der Waals surface area contributed by atoms with Gasteiger partial charge >= 0.3 is 0 Å². The number of alkyl halides is 2. The van der Waals surface area contributed by atoms with Crippen molar-refractivity contribution in [3.8, 4) is 6.07 Å². The number of nitrogens with zero attached hydrogens (tertiary/aromatic N) is 2. The molecule has 1 amide bonds. The van der Waals surface area contributed by atoms with Crippen LogP contribution in [0.2, 0.25) is 0 Å². The molecule has 0 aliphatic carbocycles. The van der Waals surface area contributed by atoms with Crippen LogP contribution in [0.25, 0.3) is 0 Å². The summed E-state index contributed by atoms with van der Waals surface area (Å²) in [6, 6.07) is 1.59. The number of halogens is 2. The van der Waals surface area contributed by atoms with Crippen LogP contribution in [-0.4, -0.2) is 30.8 Å². The topological polar surface area (TPSA) is 44.1 Å². The third kappa shape index (κ3) is 4.25. The predicted octanol–water partition coefficient (Wildman–Crippen LogP) is 0.624. The van der Waals surface area contributed by atoms with Gasteiger partial charge in [0.25, 0.3) is 6.43 Å². The van der Waals surface area contributed by atoms with E-state index in [4.69, 9.17) is 5.26 Å². The minimum absolute atomic E-state index is 0.344. The monoisotopic (exact) mass is 162 g/mol. The first-order valence-corrected chi connectivity index (χ1v) is 2.97. The van der Waals surface area contributed by atoms with E-state index < -0.39 is 18.9 Å². The van der Waals surface area contributed by atoms with Crippen molar-refractivity contribution in [2.24, 2.45) is 0 Å². The van der Waals surface area contributed by atoms with E-state index in [1.165, 1.54) is 7.05 Å². The van der Waals surface area contributed by atoms with Gasteiger partial charge in [-0.25, -0.2) is 8.78 Å². The van der Waals surface area contributed by atoms with E-state index in [-0.39, 0.29) is 6.42 Å². The molecule has 0 saturated heterocycles. The molecule has 0 rings (SSSR count). The Morgan fingerprint density at radius 2 is 2.27 bits per heavy atom. The molecule has 5 heteroatoms. The maximum Gasteiger partial charge on any atom is 0.255 e. The molecule has 0 aromatic carbocycles. The van der Waals surface area contributed by atoms with Crippen LogP contribution < -0.4 is 0 Å². The van der Waals surface area contributed by atoms with Gasteiger partial charge in [-0.2, -0.15) is 5.26 Å². The van der Waals surface area contributed by atoms with Gasteiger partial charge in [0.05, 0.1) is 12.6 Å². The van der Waals surface area contributed by atoms with E-state index >= 15 is 0 Å². The van der Waals surface area contributed by atoms with Crippen molar-refractivity contribution >= 4 is 5.91 Å². The Labute approximate surface area is 63.2 Å². The highest BCUT2D eigenvalue weighted by Crippen LogP contribution is 1.97. The number of hydrogen-bond donors (Lipinski definition) is 0. The zero-order valence-electron chi connectivity index (χ0n) is 6.05. The molecule has 0 radical (unpaired) electrons. The van der Waals surface area contributed by atoms with E-state index in [1.807, 2.05) is 0 Å². The van der Waals surface area contributed by atoms with Gasteiger partial charge in [0.15, 0.2) is 0 Å². The van der Waals surface area contributed by atoms with E-state index in [0.29, 0.717) is 0 Å². The summed E-state index contributed by atoms with van der Waals surface area (Å²) in [5.41, 5.74) is 0. The second kappa shape index (κ2) is 4.61. The van der Waals surface area contributed by atoms with E-state index in [1.54, 1.807) is 6.07 Å². The normalized spacial score (nSPS) is 9.36. The van der Waals surface area contributed by atoms with Gasteiger partial charge in [0.1, 0.15) is 6.42 Å². The molecule has 0 fully saturated rings. The van der Waals surface area contributed by atoms with Gasteiger partial charge in [0.2, 0.25) is 5.91 Å². The largest absolute Gasteiger partial charge is 0.339 e. The first-order chi connectivity index (χ1) is 5.07.